The number of ether oxygens (including phenoxy) is 1. The molecule has 7 nitrogen and oxygen atoms in total. The van der Waals surface area contributed by atoms with Gasteiger partial charge in [-0.2, -0.15) is 0 Å². The molecule has 1 aliphatic heterocycles. The molecule has 0 aliphatic carbocycles. The van der Waals surface area contributed by atoms with Gasteiger partial charge in [-0.1, -0.05) is 12.1 Å². The highest BCUT2D eigenvalue weighted by Crippen LogP contribution is 2.32. The van der Waals surface area contributed by atoms with Crippen molar-refractivity contribution in [2.45, 2.75) is 12.7 Å². The Morgan fingerprint density at radius 1 is 1.26 bits per heavy atom. The Kier molecular flexibility index (Phi) is 3.46. The summed E-state index contributed by atoms with van der Waals surface area (Å²) in [7, 11) is 1.49. The topological polar surface area (TPSA) is 91.5 Å². The van der Waals surface area contributed by atoms with Crippen LogP contribution in [0.25, 0.3) is 0 Å². The number of carbonyl (C=O) groups excluding carboxylic acids is 2. The van der Waals surface area contributed by atoms with Crippen LogP contribution in [-0.4, -0.2) is 31.4 Å². The summed E-state index contributed by atoms with van der Waals surface area (Å²) in [6.45, 7) is 1.92. The van der Waals surface area contributed by atoms with Crippen LogP contribution in [0.3, 0.4) is 0 Å². The van der Waals surface area contributed by atoms with Gasteiger partial charge in [0.15, 0.2) is 0 Å². The fourth-order valence-corrected chi connectivity index (χ4v) is 1.88. The molecule has 0 spiro atoms. The fraction of sp³-hybridized carbons (Fsp3) is 0.333. The second-order valence-electron chi connectivity index (χ2n) is 3.97. The van der Waals surface area contributed by atoms with Crippen molar-refractivity contribution in [3.8, 4) is 0 Å². The smallest absolute Gasteiger partial charge is 0.410 e. The second kappa shape index (κ2) is 5.05. The fourth-order valence-electron chi connectivity index (χ4n) is 1.88. The van der Waals surface area contributed by atoms with Crippen LogP contribution in [0.5, 0.6) is 0 Å². The molecule has 1 aliphatic rings. The van der Waals surface area contributed by atoms with Crippen LogP contribution in [0.2, 0.25) is 0 Å². The molecule has 0 radical (unpaired) electrons. The molecule has 19 heavy (non-hydrogen) atoms. The third-order valence-electron chi connectivity index (χ3n) is 2.70. The van der Waals surface area contributed by atoms with Crippen LogP contribution in [0.15, 0.2) is 24.3 Å². The number of benzene rings is 1. The molecular formula is C12H16N4O3. The van der Waals surface area contributed by atoms with Gasteiger partial charge < -0.3 is 20.7 Å². The van der Waals surface area contributed by atoms with Crippen molar-refractivity contribution >= 4 is 23.4 Å². The molecule has 102 valence electrons. The van der Waals surface area contributed by atoms with E-state index in [1.807, 2.05) is 12.1 Å². The number of para-hydroxylation sites is 2. The monoisotopic (exact) mass is 264 g/mol. The molecule has 7 heteroatoms. The van der Waals surface area contributed by atoms with Crippen molar-refractivity contribution in [3.05, 3.63) is 24.3 Å². The molecule has 1 aromatic carbocycles. The number of fused-ring (bicyclic) bond motifs is 1. The molecule has 1 heterocycles. The van der Waals surface area contributed by atoms with Gasteiger partial charge in [0.2, 0.25) is 0 Å². The van der Waals surface area contributed by atoms with Gasteiger partial charge in [-0.3, -0.25) is 10.1 Å². The van der Waals surface area contributed by atoms with E-state index in [1.165, 1.54) is 7.05 Å². The number of likely N-dealkylation sites (N-methyl/N-ethyl adjacent to an activating group) is 1. The molecule has 2 amide bonds. The zero-order valence-electron chi connectivity index (χ0n) is 10.7. The zero-order chi connectivity index (χ0) is 13.9. The van der Waals surface area contributed by atoms with Crippen LogP contribution in [-0.2, 0) is 9.53 Å². The summed E-state index contributed by atoms with van der Waals surface area (Å²) >= 11 is 0. The Hall–Kier alpha value is -2.44. The maximum atomic E-state index is 12.0. The first-order valence-corrected chi connectivity index (χ1v) is 5.94. The lowest BCUT2D eigenvalue weighted by atomic mass is 10.3. The highest BCUT2D eigenvalue weighted by molar-refractivity contribution is 5.99. The van der Waals surface area contributed by atoms with Gasteiger partial charge in [-0.15, -0.1) is 0 Å². The maximum absolute atomic E-state index is 12.0. The Labute approximate surface area is 110 Å². The van der Waals surface area contributed by atoms with Gasteiger partial charge in [0.05, 0.1) is 18.0 Å². The Morgan fingerprint density at radius 3 is 2.32 bits per heavy atom. The Morgan fingerprint density at radius 2 is 1.84 bits per heavy atom. The molecule has 1 aromatic rings. The predicted octanol–water partition coefficient (Wildman–Crippen LogP) is 0.670. The standard InChI is InChI=1S/C12H16N4O3/c1-3-19-11(18)16-12(10(17)13-2)14-8-6-4-5-7-9(8)15-12/h4-7,14-15H,3H2,1-2H3,(H,13,17)(H,16,18). The van der Waals surface area contributed by atoms with E-state index < -0.39 is 17.8 Å². The van der Waals surface area contributed by atoms with E-state index in [1.54, 1.807) is 19.1 Å². The van der Waals surface area contributed by atoms with Crippen molar-refractivity contribution in [3.63, 3.8) is 0 Å². The summed E-state index contributed by atoms with van der Waals surface area (Å²) in [4.78, 5) is 23.6. The highest BCUT2D eigenvalue weighted by atomic mass is 16.5. The number of carbonyl (C=O) groups is 2. The summed E-state index contributed by atoms with van der Waals surface area (Å²) in [5.74, 6) is -1.86. The van der Waals surface area contributed by atoms with Crippen LogP contribution in [0.1, 0.15) is 6.92 Å². The Balaban J connectivity index is 2.25. The van der Waals surface area contributed by atoms with Crippen molar-refractivity contribution in [1.29, 1.82) is 0 Å². The molecule has 2 rings (SSSR count). The van der Waals surface area contributed by atoms with Gasteiger partial charge >= 0.3 is 6.09 Å². The second-order valence-corrected chi connectivity index (χ2v) is 3.97. The molecule has 4 N–H and O–H groups in total. The van der Waals surface area contributed by atoms with E-state index in [2.05, 4.69) is 21.3 Å². The molecule has 0 saturated heterocycles. The van der Waals surface area contributed by atoms with Crippen LogP contribution in [0, 0.1) is 0 Å². The van der Waals surface area contributed by atoms with Crippen LogP contribution in [0.4, 0.5) is 16.2 Å². The molecule has 0 atom stereocenters. The maximum Gasteiger partial charge on any atom is 0.410 e. The Bertz CT molecular complexity index is 479. The average Bonchev–Trinajstić information content (AvgIpc) is 2.77. The van der Waals surface area contributed by atoms with E-state index in [9.17, 15) is 9.59 Å². The van der Waals surface area contributed by atoms with E-state index >= 15 is 0 Å². The molecule has 0 unspecified atom stereocenters. The van der Waals surface area contributed by atoms with E-state index in [0.717, 1.165) is 11.4 Å². The lowest BCUT2D eigenvalue weighted by Crippen LogP contribution is -2.66. The number of alkyl carbamates (subject to hydrolysis) is 1. The minimum atomic E-state index is -1.44. The summed E-state index contributed by atoms with van der Waals surface area (Å²) < 4.78 is 4.81. The van der Waals surface area contributed by atoms with Crippen LogP contribution >= 0.6 is 0 Å². The van der Waals surface area contributed by atoms with Crippen molar-refractivity contribution < 1.29 is 14.3 Å². The molecule has 0 saturated carbocycles. The first kappa shape index (κ1) is 13.0. The summed E-state index contributed by atoms with van der Waals surface area (Å²) in [5, 5.41) is 10.9. The first-order valence-electron chi connectivity index (χ1n) is 5.94. The molecule has 0 fully saturated rings. The van der Waals surface area contributed by atoms with Gasteiger partial charge in [0.1, 0.15) is 0 Å². The van der Waals surface area contributed by atoms with E-state index in [-0.39, 0.29) is 6.61 Å². The molecular weight excluding hydrogens is 248 g/mol. The van der Waals surface area contributed by atoms with Crippen molar-refractivity contribution in [2.75, 3.05) is 24.3 Å². The number of anilines is 2. The van der Waals surface area contributed by atoms with Crippen molar-refractivity contribution in [2.24, 2.45) is 0 Å². The van der Waals surface area contributed by atoms with E-state index in [0.29, 0.717) is 0 Å². The zero-order valence-corrected chi connectivity index (χ0v) is 10.7. The third-order valence-corrected chi connectivity index (χ3v) is 2.70. The van der Waals surface area contributed by atoms with Crippen LogP contribution < -0.4 is 21.3 Å². The normalized spacial score (nSPS) is 14.6. The third kappa shape index (κ3) is 2.40. The van der Waals surface area contributed by atoms with E-state index in [4.69, 9.17) is 4.74 Å². The predicted molar refractivity (Wildman–Crippen MR) is 70.6 cm³/mol. The largest absolute Gasteiger partial charge is 0.450 e. The number of nitrogens with one attached hydrogen (secondary N) is 4. The van der Waals surface area contributed by atoms with Gasteiger partial charge in [-0.05, 0) is 19.1 Å². The quantitative estimate of drug-likeness (QED) is 0.644. The summed E-state index contributed by atoms with van der Waals surface area (Å²) in [5.41, 5.74) is 1.45. The van der Waals surface area contributed by atoms with Gasteiger partial charge in [0, 0.05) is 7.05 Å². The average molecular weight is 264 g/mol. The minimum Gasteiger partial charge on any atom is -0.450 e. The summed E-state index contributed by atoms with van der Waals surface area (Å²) in [6, 6.07) is 7.27. The minimum absolute atomic E-state index is 0.225. The number of amides is 2. The van der Waals surface area contributed by atoms with Crippen molar-refractivity contribution in [1.82, 2.24) is 10.6 Å². The lowest BCUT2D eigenvalue weighted by Gasteiger charge is -2.28. The molecule has 0 bridgehead atoms. The molecule has 0 aromatic heterocycles. The number of hydrogen-bond acceptors (Lipinski definition) is 5. The summed E-state index contributed by atoms with van der Waals surface area (Å²) in [6.07, 6.45) is -0.682. The number of hydrogen-bond donors (Lipinski definition) is 4. The van der Waals surface area contributed by atoms with Gasteiger partial charge in [0.25, 0.3) is 11.7 Å². The number of rotatable bonds is 3. The highest BCUT2D eigenvalue weighted by Gasteiger charge is 2.44. The lowest BCUT2D eigenvalue weighted by molar-refractivity contribution is -0.124. The van der Waals surface area contributed by atoms with Gasteiger partial charge in [-0.25, -0.2) is 4.79 Å². The SMILES string of the molecule is CCOC(=O)NC1(C(=O)NC)Nc2ccccc2N1. The first-order chi connectivity index (χ1) is 9.11.